The van der Waals surface area contributed by atoms with Crippen molar-refractivity contribution in [3.05, 3.63) is 47.8 Å². The van der Waals surface area contributed by atoms with Gasteiger partial charge in [-0.1, -0.05) is 11.6 Å². The molecule has 33 heavy (non-hydrogen) atoms. The van der Waals surface area contributed by atoms with Crippen molar-refractivity contribution < 1.29 is 9.13 Å². The molecule has 3 aromatic heterocycles. The zero-order valence-electron chi connectivity index (χ0n) is 18.5. The first kappa shape index (κ1) is 21.1. The number of anilines is 2. The third-order valence-electron chi connectivity index (χ3n) is 5.83. The van der Waals surface area contributed by atoms with Crippen molar-refractivity contribution >= 4 is 33.4 Å². The number of H-pyrrole nitrogens is 1. The summed E-state index contributed by atoms with van der Waals surface area (Å²) in [4.78, 5) is 23.2. The van der Waals surface area contributed by atoms with Crippen molar-refractivity contribution in [3.63, 3.8) is 0 Å². The maximum absolute atomic E-state index is 14.4. The number of hydrogen-bond acceptors (Lipinski definition) is 8. The minimum atomic E-state index is -0.331. The van der Waals surface area contributed by atoms with Gasteiger partial charge in [-0.3, -0.25) is 0 Å². The summed E-state index contributed by atoms with van der Waals surface area (Å²) in [6, 6.07) is 3.14. The third-order valence-corrected chi connectivity index (χ3v) is 5.83. The Bertz CT molecular complexity index is 1340. The molecule has 0 aliphatic carbocycles. The lowest BCUT2D eigenvalue weighted by Gasteiger charge is -2.30. The number of nitrogens with one attached hydrogen (secondary N) is 2. The first-order valence-corrected chi connectivity index (χ1v) is 10.9. The van der Waals surface area contributed by atoms with Crippen LogP contribution in [0, 0.1) is 12.7 Å². The Kier molecular flexibility index (Phi) is 5.51. The highest BCUT2D eigenvalue weighted by atomic mass is 19.1. The van der Waals surface area contributed by atoms with Gasteiger partial charge in [-0.15, -0.1) is 0 Å². The number of fused-ring (bicyclic) bond motifs is 3. The van der Waals surface area contributed by atoms with Crippen molar-refractivity contribution in [2.24, 2.45) is 5.73 Å². The summed E-state index contributed by atoms with van der Waals surface area (Å²) >= 11 is 0. The Morgan fingerprint density at radius 1 is 1.21 bits per heavy atom. The molecule has 1 aliphatic heterocycles. The smallest absolute Gasteiger partial charge is 0.326 e. The average molecular weight is 449 g/mol. The molecule has 1 fully saturated rings. The molecule has 0 radical (unpaired) electrons. The van der Waals surface area contributed by atoms with Crippen LogP contribution in [-0.4, -0.2) is 51.6 Å². The van der Waals surface area contributed by atoms with Crippen LogP contribution >= 0.6 is 0 Å². The molecular formula is C23H25FN8O. The molecule has 4 aromatic rings. The van der Waals surface area contributed by atoms with Crippen LogP contribution in [0.15, 0.2) is 36.2 Å². The second-order valence-electron chi connectivity index (χ2n) is 7.96. The number of nitrogens with two attached hydrogens (primary N) is 1. The van der Waals surface area contributed by atoms with Gasteiger partial charge in [0.15, 0.2) is 5.75 Å². The predicted molar refractivity (Wildman–Crippen MR) is 126 cm³/mol. The molecule has 4 N–H and O–H groups in total. The molecule has 0 spiro atoms. The van der Waals surface area contributed by atoms with Crippen LogP contribution in [0.3, 0.4) is 0 Å². The van der Waals surface area contributed by atoms with Crippen molar-refractivity contribution in [3.8, 4) is 11.8 Å². The zero-order valence-corrected chi connectivity index (χ0v) is 18.5. The number of ether oxygens (including phenoxy) is 1. The summed E-state index contributed by atoms with van der Waals surface area (Å²) in [5, 5.41) is 4.53. The van der Waals surface area contributed by atoms with Gasteiger partial charge in [0.25, 0.3) is 0 Å². The van der Waals surface area contributed by atoms with E-state index < -0.39 is 0 Å². The fourth-order valence-electron chi connectivity index (χ4n) is 4.21. The lowest BCUT2D eigenvalue weighted by molar-refractivity contribution is 0.438. The van der Waals surface area contributed by atoms with E-state index in [2.05, 4.69) is 36.2 Å². The quantitative estimate of drug-likeness (QED) is 0.396. The Morgan fingerprint density at radius 2 is 1.97 bits per heavy atom. The summed E-state index contributed by atoms with van der Waals surface area (Å²) in [7, 11) is 1.76. The second kappa shape index (κ2) is 8.62. The van der Waals surface area contributed by atoms with Crippen LogP contribution in [0.25, 0.3) is 21.9 Å². The summed E-state index contributed by atoms with van der Waals surface area (Å²) in [6.45, 7) is 3.88. The molecular weight excluding hydrogens is 423 g/mol. The number of benzene rings is 1. The van der Waals surface area contributed by atoms with Gasteiger partial charge in [-0.05, 0) is 31.9 Å². The Labute approximate surface area is 189 Å². The third kappa shape index (κ3) is 4.05. The van der Waals surface area contributed by atoms with Gasteiger partial charge in [0.05, 0.1) is 29.0 Å². The lowest BCUT2D eigenvalue weighted by atomic mass is 10.0. The molecule has 4 heterocycles. The lowest BCUT2D eigenvalue weighted by Crippen LogP contribution is -2.31. The van der Waals surface area contributed by atoms with Crippen LogP contribution in [0.4, 0.5) is 15.9 Å². The number of hydrogen-bond donors (Lipinski definition) is 3. The Balaban J connectivity index is 1.65. The van der Waals surface area contributed by atoms with E-state index in [9.17, 15) is 4.39 Å². The number of halogens is 1. The minimum absolute atomic E-state index is 0.172. The van der Waals surface area contributed by atoms with E-state index in [0.717, 1.165) is 42.2 Å². The molecule has 1 saturated heterocycles. The number of nitrogens with zero attached hydrogens (tertiary/aromatic N) is 5. The number of piperidine rings is 1. The van der Waals surface area contributed by atoms with Gasteiger partial charge in [-0.25, -0.2) is 14.4 Å². The van der Waals surface area contributed by atoms with E-state index in [1.54, 1.807) is 26.4 Å². The first-order valence-electron chi connectivity index (χ1n) is 10.9. The van der Waals surface area contributed by atoms with Crippen LogP contribution < -0.4 is 20.7 Å². The minimum Gasteiger partial charge on any atom is -0.421 e. The molecule has 0 atom stereocenters. The van der Waals surface area contributed by atoms with E-state index >= 15 is 0 Å². The number of aryl methyl sites for hydroxylation is 1. The summed E-state index contributed by atoms with van der Waals surface area (Å²) in [5.41, 5.74) is 9.02. The number of aromatic nitrogens is 5. The molecule has 9 nitrogen and oxygen atoms in total. The van der Waals surface area contributed by atoms with Gasteiger partial charge in [0.2, 0.25) is 0 Å². The Hall–Kier alpha value is -3.79. The average Bonchev–Trinajstić information content (AvgIpc) is 3.18. The van der Waals surface area contributed by atoms with Gasteiger partial charge in [0, 0.05) is 32.1 Å². The van der Waals surface area contributed by atoms with Crippen molar-refractivity contribution in [1.82, 2.24) is 24.9 Å². The summed E-state index contributed by atoms with van der Waals surface area (Å²) in [5.74, 6) is 1.46. The van der Waals surface area contributed by atoms with E-state index in [4.69, 9.17) is 15.5 Å². The van der Waals surface area contributed by atoms with Gasteiger partial charge in [-0.2, -0.15) is 9.97 Å². The molecule has 10 heteroatoms. The molecule has 170 valence electrons. The van der Waals surface area contributed by atoms with E-state index in [-0.39, 0.29) is 11.8 Å². The molecule has 1 aromatic carbocycles. The van der Waals surface area contributed by atoms with Gasteiger partial charge >= 0.3 is 6.01 Å². The van der Waals surface area contributed by atoms with E-state index in [1.165, 1.54) is 17.7 Å². The monoisotopic (exact) mass is 448 g/mol. The molecule has 1 aliphatic rings. The fraction of sp³-hybridized carbons (Fsp3) is 0.304. The van der Waals surface area contributed by atoms with Crippen molar-refractivity contribution in [1.29, 1.82) is 0 Å². The van der Waals surface area contributed by atoms with Crippen LogP contribution in [-0.2, 0) is 0 Å². The molecule has 0 saturated carbocycles. The normalized spacial score (nSPS) is 14.2. The number of aromatic amines is 1. The van der Waals surface area contributed by atoms with Gasteiger partial charge < -0.3 is 25.7 Å². The predicted octanol–water partition coefficient (Wildman–Crippen LogP) is 3.67. The van der Waals surface area contributed by atoms with Crippen molar-refractivity contribution in [2.75, 3.05) is 36.9 Å². The topological polar surface area (TPSA) is 118 Å². The summed E-state index contributed by atoms with van der Waals surface area (Å²) < 4.78 is 20.3. The van der Waals surface area contributed by atoms with E-state index in [1.807, 2.05) is 0 Å². The van der Waals surface area contributed by atoms with Crippen molar-refractivity contribution in [2.45, 2.75) is 19.8 Å². The standard InChI is InChI=1S/C23H25FN8O/c1-13-27-11-16(12-28-13)33-23-30-21-19(17-9-15(24)10-18(26-2)20(17)29-21)22(31-23)32-7-4-14(3-6-25)5-8-32/h3,9-12,26H,4-8,25H2,1-2H3,(H,29,30,31). The highest BCUT2D eigenvalue weighted by Crippen LogP contribution is 2.38. The van der Waals surface area contributed by atoms with Gasteiger partial charge in [0.1, 0.15) is 23.1 Å². The molecule has 0 amide bonds. The van der Waals surface area contributed by atoms with E-state index in [0.29, 0.717) is 35.3 Å². The molecule has 0 unspecified atom stereocenters. The fourth-order valence-corrected chi connectivity index (χ4v) is 4.21. The highest BCUT2D eigenvalue weighted by molar-refractivity contribution is 6.14. The highest BCUT2D eigenvalue weighted by Gasteiger charge is 2.23. The maximum Gasteiger partial charge on any atom is 0.326 e. The molecule has 0 bridgehead atoms. The summed E-state index contributed by atoms with van der Waals surface area (Å²) in [6.07, 6.45) is 7.03. The zero-order chi connectivity index (χ0) is 22.9. The van der Waals surface area contributed by atoms with Crippen LogP contribution in [0.5, 0.6) is 11.8 Å². The van der Waals surface area contributed by atoms with Crippen LogP contribution in [0.1, 0.15) is 18.7 Å². The number of rotatable bonds is 5. The SMILES string of the molecule is CNc1cc(F)cc2c1[nH]c1nc(Oc3cnc(C)nc3)nc(N3CCC(=CCN)CC3)c12. The Morgan fingerprint density at radius 3 is 2.67 bits per heavy atom. The molecule has 5 rings (SSSR count). The first-order chi connectivity index (χ1) is 16.1. The maximum atomic E-state index is 14.4. The second-order valence-corrected chi connectivity index (χ2v) is 7.96. The largest absolute Gasteiger partial charge is 0.421 e. The van der Waals surface area contributed by atoms with Crippen LogP contribution in [0.2, 0.25) is 0 Å².